The summed E-state index contributed by atoms with van der Waals surface area (Å²) in [5.74, 6) is -3.78. The van der Waals surface area contributed by atoms with Gasteiger partial charge in [-0.2, -0.15) is 0 Å². The van der Waals surface area contributed by atoms with Gasteiger partial charge in [0.05, 0.1) is 5.92 Å². The molecule has 1 aromatic rings. The number of hydrogen-bond acceptors (Lipinski definition) is 4. The Hall–Kier alpha value is -1.59. The van der Waals surface area contributed by atoms with Crippen LogP contribution < -0.4 is 4.74 Å². The van der Waals surface area contributed by atoms with Gasteiger partial charge >= 0.3 is 11.9 Å². The Bertz CT molecular complexity index is 483. The summed E-state index contributed by atoms with van der Waals surface area (Å²) in [4.78, 5) is 11.0. The number of carboxylic acids is 1. The number of hydrogen-bond donors (Lipinski definition) is 3. The van der Waals surface area contributed by atoms with E-state index in [9.17, 15) is 15.0 Å². The van der Waals surface area contributed by atoms with Crippen LogP contribution in [0.5, 0.6) is 5.75 Å². The molecule has 3 N–H and O–H groups in total. The zero-order valence-corrected chi connectivity index (χ0v) is 11.5. The molecule has 110 valence electrons. The van der Waals surface area contributed by atoms with Crippen molar-refractivity contribution in [1.29, 1.82) is 0 Å². The highest BCUT2D eigenvalue weighted by molar-refractivity contribution is 5.67. The maximum absolute atomic E-state index is 11.0. The number of aliphatic carboxylic acids is 1. The lowest BCUT2D eigenvalue weighted by atomic mass is 9.79. The summed E-state index contributed by atoms with van der Waals surface area (Å²) in [6.45, 7) is 1.95. The van der Waals surface area contributed by atoms with E-state index >= 15 is 0 Å². The van der Waals surface area contributed by atoms with Gasteiger partial charge in [0.25, 0.3) is 0 Å². The smallest absolute Gasteiger partial charge is 0.325 e. The minimum absolute atomic E-state index is 0.0904. The number of rotatable bonds is 5. The molecule has 1 aliphatic rings. The molecule has 1 aromatic carbocycles. The Balaban J connectivity index is 2.27. The van der Waals surface area contributed by atoms with Gasteiger partial charge in [-0.15, -0.1) is 0 Å². The molecule has 1 aliphatic heterocycles. The molecule has 0 aliphatic carbocycles. The van der Waals surface area contributed by atoms with Crippen LogP contribution in [0, 0.1) is 11.8 Å². The second-order valence-corrected chi connectivity index (χ2v) is 5.33. The standard InChI is InChI=1S/C15H20O5/c1-2-5-10(9-14(16)17)12-8-11-6-3-4-7-13(11)20-15(12,18)19/h3-4,6-7,10,12,18-19H,2,5,8-9H2,1H3,(H,16,17). The van der Waals surface area contributed by atoms with Gasteiger partial charge in [-0.05, 0) is 30.4 Å². The third-order valence-electron chi connectivity index (χ3n) is 3.82. The SMILES string of the molecule is CCCC(CC(=O)O)C1Cc2ccccc2OC1(O)O. The van der Waals surface area contributed by atoms with Crippen LogP contribution in [0.2, 0.25) is 0 Å². The minimum atomic E-state index is -2.32. The maximum Gasteiger partial charge on any atom is 0.325 e. The second-order valence-electron chi connectivity index (χ2n) is 5.33. The predicted molar refractivity (Wildman–Crippen MR) is 72.1 cm³/mol. The highest BCUT2D eigenvalue weighted by atomic mass is 16.8. The van der Waals surface area contributed by atoms with Gasteiger partial charge in [0.1, 0.15) is 5.75 Å². The van der Waals surface area contributed by atoms with E-state index in [1.54, 1.807) is 12.1 Å². The Morgan fingerprint density at radius 2 is 2.15 bits per heavy atom. The van der Waals surface area contributed by atoms with E-state index in [0.717, 1.165) is 12.0 Å². The maximum atomic E-state index is 11.0. The normalized spacial score (nSPS) is 21.6. The molecule has 0 radical (unpaired) electrons. The molecule has 20 heavy (non-hydrogen) atoms. The number of fused-ring (bicyclic) bond motifs is 1. The third kappa shape index (κ3) is 3.11. The fourth-order valence-electron chi connectivity index (χ4n) is 2.89. The molecule has 2 atom stereocenters. The van der Waals surface area contributed by atoms with Crippen LogP contribution in [0.25, 0.3) is 0 Å². The molecular weight excluding hydrogens is 260 g/mol. The molecule has 0 saturated carbocycles. The lowest BCUT2D eigenvalue weighted by molar-refractivity contribution is -0.337. The first-order valence-corrected chi connectivity index (χ1v) is 6.87. The van der Waals surface area contributed by atoms with Crippen LogP contribution in [0.15, 0.2) is 24.3 Å². The van der Waals surface area contributed by atoms with Crippen molar-refractivity contribution in [2.75, 3.05) is 0 Å². The first kappa shape index (κ1) is 14.8. The van der Waals surface area contributed by atoms with Crippen LogP contribution in [0.4, 0.5) is 0 Å². The molecule has 1 heterocycles. The van der Waals surface area contributed by atoms with E-state index in [0.29, 0.717) is 18.6 Å². The number of benzene rings is 1. The molecule has 0 fully saturated rings. The summed E-state index contributed by atoms with van der Waals surface area (Å²) in [6, 6.07) is 7.16. The van der Waals surface area contributed by atoms with Crippen molar-refractivity contribution >= 4 is 5.97 Å². The Morgan fingerprint density at radius 3 is 2.80 bits per heavy atom. The van der Waals surface area contributed by atoms with Crippen LogP contribution >= 0.6 is 0 Å². The molecular formula is C15H20O5. The zero-order chi connectivity index (χ0) is 14.8. The molecule has 0 amide bonds. The van der Waals surface area contributed by atoms with Gasteiger partial charge < -0.3 is 20.1 Å². The average Bonchev–Trinajstić information content (AvgIpc) is 2.36. The van der Waals surface area contributed by atoms with E-state index < -0.39 is 17.9 Å². The van der Waals surface area contributed by atoms with Crippen molar-refractivity contribution in [3.63, 3.8) is 0 Å². The first-order chi connectivity index (χ1) is 9.44. The highest BCUT2D eigenvalue weighted by Gasteiger charge is 2.46. The van der Waals surface area contributed by atoms with Crippen molar-refractivity contribution in [1.82, 2.24) is 0 Å². The van der Waals surface area contributed by atoms with Crippen molar-refractivity contribution < 1.29 is 24.9 Å². The molecule has 0 bridgehead atoms. The van der Waals surface area contributed by atoms with Crippen LogP contribution in [-0.2, 0) is 11.2 Å². The first-order valence-electron chi connectivity index (χ1n) is 6.87. The molecule has 0 aromatic heterocycles. The summed E-state index contributed by atoms with van der Waals surface area (Å²) >= 11 is 0. The van der Waals surface area contributed by atoms with Crippen LogP contribution in [-0.4, -0.2) is 27.3 Å². The quantitative estimate of drug-likeness (QED) is 0.715. The summed E-state index contributed by atoms with van der Waals surface area (Å²) in [5.41, 5.74) is 0.878. The lowest BCUT2D eigenvalue weighted by Crippen LogP contribution is -2.50. The van der Waals surface area contributed by atoms with Crippen molar-refractivity contribution in [2.45, 2.75) is 38.6 Å². The average molecular weight is 280 g/mol. The van der Waals surface area contributed by atoms with Crippen molar-refractivity contribution in [3.8, 4) is 5.75 Å². The monoisotopic (exact) mass is 280 g/mol. The summed E-state index contributed by atoms with van der Waals surface area (Å²) in [5, 5.41) is 29.3. The van der Waals surface area contributed by atoms with Crippen molar-refractivity contribution in [2.24, 2.45) is 11.8 Å². The van der Waals surface area contributed by atoms with Gasteiger partial charge in [0, 0.05) is 6.42 Å². The lowest BCUT2D eigenvalue weighted by Gasteiger charge is -2.40. The van der Waals surface area contributed by atoms with Gasteiger partial charge in [0.15, 0.2) is 0 Å². The minimum Gasteiger partial charge on any atom is -0.481 e. The van der Waals surface area contributed by atoms with Crippen LogP contribution in [0.1, 0.15) is 31.7 Å². The van der Waals surface area contributed by atoms with E-state index in [2.05, 4.69) is 0 Å². The number of carboxylic acid groups (broad SMARTS) is 1. The molecule has 0 saturated heterocycles. The van der Waals surface area contributed by atoms with Crippen LogP contribution in [0.3, 0.4) is 0 Å². The highest BCUT2D eigenvalue weighted by Crippen LogP contribution is 2.40. The molecule has 5 heteroatoms. The summed E-state index contributed by atoms with van der Waals surface area (Å²) < 4.78 is 5.26. The Morgan fingerprint density at radius 1 is 1.45 bits per heavy atom. The Labute approximate surface area is 117 Å². The molecule has 2 rings (SSSR count). The van der Waals surface area contributed by atoms with E-state index in [1.807, 2.05) is 19.1 Å². The molecule has 0 spiro atoms. The van der Waals surface area contributed by atoms with E-state index in [4.69, 9.17) is 9.84 Å². The van der Waals surface area contributed by atoms with Crippen molar-refractivity contribution in [3.05, 3.63) is 29.8 Å². The van der Waals surface area contributed by atoms with Gasteiger partial charge in [-0.3, -0.25) is 4.79 Å². The van der Waals surface area contributed by atoms with Gasteiger partial charge in [-0.25, -0.2) is 0 Å². The number of carbonyl (C=O) groups is 1. The third-order valence-corrected chi connectivity index (χ3v) is 3.82. The molecule has 2 unspecified atom stereocenters. The van der Waals surface area contributed by atoms with E-state index in [1.165, 1.54) is 0 Å². The zero-order valence-electron chi connectivity index (χ0n) is 11.5. The second kappa shape index (κ2) is 5.81. The summed E-state index contributed by atoms with van der Waals surface area (Å²) in [6.07, 6.45) is 1.71. The molecule has 5 nitrogen and oxygen atoms in total. The number of para-hydroxylation sites is 1. The predicted octanol–water partition coefficient (Wildman–Crippen LogP) is 1.77. The number of aliphatic hydroxyl groups is 2. The number of ether oxygens (including phenoxy) is 1. The summed E-state index contributed by atoms with van der Waals surface area (Å²) in [7, 11) is 0. The largest absolute Gasteiger partial charge is 0.481 e. The van der Waals surface area contributed by atoms with E-state index in [-0.39, 0.29) is 12.3 Å². The topological polar surface area (TPSA) is 87.0 Å². The Kier molecular flexibility index (Phi) is 4.30. The fraction of sp³-hybridized carbons (Fsp3) is 0.533. The fourth-order valence-corrected chi connectivity index (χ4v) is 2.89. The van der Waals surface area contributed by atoms with Gasteiger partial charge in [0.2, 0.25) is 0 Å². The van der Waals surface area contributed by atoms with Gasteiger partial charge in [-0.1, -0.05) is 31.5 Å².